The molecule has 0 unspecified atom stereocenters. The number of aromatic amines is 1. The molecule has 3 aromatic rings. The third-order valence-corrected chi connectivity index (χ3v) is 5.60. The van der Waals surface area contributed by atoms with Crippen LogP contribution in [0.4, 0.5) is 8.78 Å². The Labute approximate surface area is 164 Å². The van der Waals surface area contributed by atoms with Crippen LogP contribution < -0.4 is 0 Å². The molecule has 5 heteroatoms. The summed E-state index contributed by atoms with van der Waals surface area (Å²) in [6.07, 6.45) is 11.3. The molecule has 1 fully saturated rings. The molecule has 0 amide bonds. The zero-order valence-corrected chi connectivity index (χ0v) is 15.8. The molecule has 0 aliphatic heterocycles. The summed E-state index contributed by atoms with van der Waals surface area (Å²) >= 11 is 0. The molecule has 1 saturated carbocycles. The number of aromatic nitrogens is 3. The number of benzene rings is 2. The highest BCUT2D eigenvalue weighted by molar-refractivity contribution is 5.70. The molecule has 1 aliphatic carbocycles. The van der Waals surface area contributed by atoms with Gasteiger partial charge >= 0.3 is 0 Å². The summed E-state index contributed by atoms with van der Waals surface area (Å²) in [5, 5.41) is 6.72. The second-order valence-electron chi connectivity index (χ2n) is 7.54. The van der Waals surface area contributed by atoms with Crippen LogP contribution in [-0.4, -0.2) is 15.2 Å². The van der Waals surface area contributed by atoms with Gasteiger partial charge in [-0.2, -0.15) is 5.10 Å². The Morgan fingerprint density at radius 1 is 0.964 bits per heavy atom. The number of halogens is 2. The van der Waals surface area contributed by atoms with Crippen molar-refractivity contribution in [1.82, 2.24) is 15.2 Å². The lowest BCUT2D eigenvalue weighted by Crippen LogP contribution is -2.06. The summed E-state index contributed by atoms with van der Waals surface area (Å²) in [7, 11) is 0. The van der Waals surface area contributed by atoms with Crippen molar-refractivity contribution in [2.75, 3.05) is 0 Å². The minimum Gasteiger partial charge on any atom is -0.265 e. The van der Waals surface area contributed by atoms with Crippen LogP contribution in [0.3, 0.4) is 0 Å². The van der Waals surface area contributed by atoms with Gasteiger partial charge in [0.05, 0.1) is 0 Å². The highest BCUT2D eigenvalue weighted by Crippen LogP contribution is 2.31. The van der Waals surface area contributed by atoms with Gasteiger partial charge < -0.3 is 0 Å². The highest BCUT2D eigenvalue weighted by atomic mass is 19.1. The first-order valence-corrected chi connectivity index (χ1v) is 9.99. The van der Waals surface area contributed by atoms with Crippen molar-refractivity contribution >= 4 is 0 Å². The molecule has 2 aromatic carbocycles. The summed E-state index contributed by atoms with van der Waals surface area (Å²) in [5.41, 5.74) is 2.12. The fraction of sp³-hybridized carbons (Fsp3) is 0.348. The summed E-state index contributed by atoms with van der Waals surface area (Å²) in [5.74, 6) is 0.230. The van der Waals surface area contributed by atoms with Crippen molar-refractivity contribution in [3.05, 3.63) is 66.3 Å². The Morgan fingerprint density at radius 2 is 1.71 bits per heavy atom. The first-order chi connectivity index (χ1) is 13.7. The van der Waals surface area contributed by atoms with Gasteiger partial charge in [-0.05, 0) is 54.5 Å². The predicted octanol–water partition coefficient (Wildman–Crippen LogP) is 6.33. The van der Waals surface area contributed by atoms with Gasteiger partial charge in [-0.3, -0.25) is 5.10 Å². The Morgan fingerprint density at radius 3 is 2.43 bits per heavy atom. The smallest absolute Gasteiger partial charge is 0.180 e. The second kappa shape index (κ2) is 8.63. The van der Waals surface area contributed by atoms with Crippen LogP contribution in [0.1, 0.15) is 50.5 Å². The Hall–Kier alpha value is -2.56. The molecular weight excluding hydrogens is 356 g/mol. The fourth-order valence-corrected chi connectivity index (χ4v) is 4.07. The molecule has 1 radical (unpaired) electrons. The van der Waals surface area contributed by atoms with Crippen LogP contribution in [0.2, 0.25) is 0 Å². The van der Waals surface area contributed by atoms with Crippen LogP contribution in [0.25, 0.3) is 22.5 Å². The van der Waals surface area contributed by atoms with Crippen molar-refractivity contribution in [3.63, 3.8) is 0 Å². The van der Waals surface area contributed by atoms with E-state index in [4.69, 9.17) is 0 Å². The van der Waals surface area contributed by atoms with Gasteiger partial charge in [0.1, 0.15) is 18.0 Å². The first-order valence-electron chi connectivity index (χ1n) is 9.99. The van der Waals surface area contributed by atoms with Gasteiger partial charge in [0.2, 0.25) is 0 Å². The molecule has 1 N–H and O–H groups in total. The number of H-pyrrole nitrogens is 1. The first kappa shape index (κ1) is 18.8. The maximum atomic E-state index is 14.6. The van der Waals surface area contributed by atoms with Crippen molar-refractivity contribution in [2.45, 2.75) is 44.9 Å². The molecule has 0 bridgehead atoms. The van der Waals surface area contributed by atoms with Crippen LogP contribution in [0.15, 0.2) is 42.7 Å². The molecule has 1 aliphatic rings. The van der Waals surface area contributed by atoms with Crippen LogP contribution >= 0.6 is 0 Å². The summed E-state index contributed by atoms with van der Waals surface area (Å²) in [6, 6.07) is 10.2. The third kappa shape index (κ3) is 4.29. The fourth-order valence-electron chi connectivity index (χ4n) is 4.07. The molecule has 1 aromatic heterocycles. The summed E-state index contributed by atoms with van der Waals surface area (Å²) in [4.78, 5) is 4.12. The molecule has 4 rings (SSSR count). The zero-order valence-electron chi connectivity index (χ0n) is 15.8. The maximum absolute atomic E-state index is 14.6. The molecule has 28 heavy (non-hydrogen) atoms. The van der Waals surface area contributed by atoms with Gasteiger partial charge in [-0.1, -0.05) is 50.3 Å². The van der Waals surface area contributed by atoms with Crippen molar-refractivity contribution in [2.24, 2.45) is 5.92 Å². The third-order valence-electron chi connectivity index (χ3n) is 5.60. The monoisotopic (exact) mass is 380 g/mol. The van der Waals surface area contributed by atoms with E-state index in [0.29, 0.717) is 17.3 Å². The van der Waals surface area contributed by atoms with E-state index >= 15 is 0 Å². The van der Waals surface area contributed by atoms with E-state index in [1.807, 2.05) is 24.3 Å². The number of hydrogen-bond donors (Lipinski definition) is 1. The van der Waals surface area contributed by atoms with E-state index in [-0.39, 0.29) is 5.56 Å². The standard InChI is InChI=1S/C23H24F2N3/c24-21-13-19(17-9-5-10-18(12-17)23-26-15-27-28-23)14-22(25)20(21)11-4-8-16-6-2-1-3-7-16/h5,9-16H,1-4,6-8H2,(H,26,27,28). The van der Waals surface area contributed by atoms with Gasteiger partial charge in [0.25, 0.3) is 0 Å². The maximum Gasteiger partial charge on any atom is 0.180 e. The molecule has 1 heterocycles. The van der Waals surface area contributed by atoms with E-state index in [2.05, 4.69) is 15.2 Å². The van der Waals surface area contributed by atoms with Crippen LogP contribution in [0.5, 0.6) is 0 Å². The summed E-state index contributed by atoms with van der Waals surface area (Å²) in [6.45, 7) is 0. The Kier molecular flexibility index (Phi) is 5.79. The lowest BCUT2D eigenvalue weighted by molar-refractivity contribution is 0.338. The average Bonchev–Trinajstić information content (AvgIpc) is 3.26. The minimum atomic E-state index is -0.512. The highest BCUT2D eigenvalue weighted by Gasteiger charge is 2.16. The molecule has 0 spiro atoms. The normalized spacial score (nSPS) is 15.1. The van der Waals surface area contributed by atoms with E-state index in [1.165, 1.54) is 50.6 Å². The molecule has 0 saturated heterocycles. The molecular formula is C23H24F2N3. The zero-order chi connectivity index (χ0) is 19.3. The van der Waals surface area contributed by atoms with Crippen molar-refractivity contribution in [1.29, 1.82) is 0 Å². The van der Waals surface area contributed by atoms with Gasteiger partial charge in [0, 0.05) is 11.1 Å². The van der Waals surface area contributed by atoms with Gasteiger partial charge in [-0.15, -0.1) is 0 Å². The van der Waals surface area contributed by atoms with Crippen LogP contribution in [0, 0.1) is 24.0 Å². The average molecular weight is 380 g/mol. The minimum absolute atomic E-state index is 0.0877. The van der Waals surface area contributed by atoms with E-state index in [1.54, 1.807) is 6.42 Å². The topological polar surface area (TPSA) is 41.6 Å². The number of nitrogens with zero attached hydrogens (tertiary/aromatic N) is 2. The number of hydrogen-bond acceptors (Lipinski definition) is 2. The molecule has 145 valence electrons. The SMILES string of the molecule is Fc1cc(-c2cccc(-c3nc[nH]n3)c2)cc(F)c1[CH]CCC1CCCCC1. The number of rotatable bonds is 6. The van der Waals surface area contributed by atoms with Crippen molar-refractivity contribution in [3.8, 4) is 22.5 Å². The number of nitrogens with one attached hydrogen (secondary N) is 1. The molecule has 3 nitrogen and oxygen atoms in total. The predicted molar refractivity (Wildman–Crippen MR) is 106 cm³/mol. The lowest BCUT2D eigenvalue weighted by Gasteiger charge is -2.21. The van der Waals surface area contributed by atoms with Crippen LogP contribution in [-0.2, 0) is 0 Å². The molecule has 0 atom stereocenters. The van der Waals surface area contributed by atoms with Gasteiger partial charge in [0.15, 0.2) is 5.82 Å². The van der Waals surface area contributed by atoms with E-state index in [9.17, 15) is 8.78 Å². The van der Waals surface area contributed by atoms with Gasteiger partial charge in [-0.25, -0.2) is 13.8 Å². The second-order valence-corrected chi connectivity index (χ2v) is 7.54. The van der Waals surface area contributed by atoms with E-state index in [0.717, 1.165) is 24.0 Å². The van der Waals surface area contributed by atoms with Crippen molar-refractivity contribution < 1.29 is 8.78 Å². The largest absolute Gasteiger partial charge is 0.265 e. The van der Waals surface area contributed by atoms with E-state index < -0.39 is 11.6 Å². The Bertz CT molecular complexity index is 892. The summed E-state index contributed by atoms with van der Waals surface area (Å²) < 4.78 is 29.3. The quantitative estimate of drug-likeness (QED) is 0.543. The Balaban J connectivity index is 1.48. The lowest BCUT2D eigenvalue weighted by atomic mass is 9.85.